The van der Waals surface area contributed by atoms with Crippen LogP contribution in [0.1, 0.15) is 17.2 Å². The number of hydrogen-bond donors (Lipinski definition) is 1. The molecular weight excluding hydrogens is 522 g/mol. The van der Waals surface area contributed by atoms with E-state index in [1.807, 2.05) is 18.2 Å². The van der Waals surface area contributed by atoms with Crippen LogP contribution in [0.3, 0.4) is 0 Å². The van der Waals surface area contributed by atoms with Crippen LogP contribution in [0.5, 0.6) is 5.75 Å². The Morgan fingerprint density at radius 2 is 1.85 bits per heavy atom. The van der Waals surface area contributed by atoms with Crippen molar-refractivity contribution in [2.45, 2.75) is 6.10 Å². The number of hydrogen-bond acceptors (Lipinski definition) is 2. The monoisotopic (exact) mass is 530 g/mol. The molecule has 0 heterocycles. The summed E-state index contributed by atoms with van der Waals surface area (Å²) in [5.74, 6) is 0.577. The zero-order valence-electron chi connectivity index (χ0n) is 10.3. The largest absolute Gasteiger partial charge is 0.495 e. The molecule has 20 heavy (non-hydrogen) atoms. The van der Waals surface area contributed by atoms with Gasteiger partial charge in [-0.1, -0.05) is 27.5 Å². The molecule has 0 saturated carbocycles. The summed E-state index contributed by atoms with van der Waals surface area (Å²) < 4.78 is 7.95. The van der Waals surface area contributed by atoms with Crippen molar-refractivity contribution >= 4 is 66.1 Å². The highest BCUT2D eigenvalue weighted by Crippen LogP contribution is 2.40. The van der Waals surface area contributed by atoms with Gasteiger partial charge >= 0.3 is 0 Å². The molecule has 2 aromatic carbocycles. The third kappa shape index (κ3) is 3.50. The smallest absolute Gasteiger partial charge is 0.139 e. The molecule has 0 bridgehead atoms. The van der Waals surface area contributed by atoms with Crippen LogP contribution in [0.25, 0.3) is 0 Å². The van der Waals surface area contributed by atoms with E-state index in [0.717, 1.165) is 13.6 Å². The van der Waals surface area contributed by atoms with Gasteiger partial charge in [-0.15, -0.1) is 0 Å². The minimum Gasteiger partial charge on any atom is -0.495 e. The molecule has 0 saturated heterocycles. The molecule has 6 heteroatoms. The van der Waals surface area contributed by atoms with Gasteiger partial charge in [-0.25, -0.2) is 0 Å². The number of benzene rings is 2. The first-order valence-electron chi connectivity index (χ1n) is 5.60. The van der Waals surface area contributed by atoms with Crippen LogP contribution < -0.4 is 4.74 Å². The maximum absolute atomic E-state index is 10.7. The summed E-state index contributed by atoms with van der Waals surface area (Å²) in [6.45, 7) is 0. The predicted octanol–water partition coefficient (Wildman–Crippen LogP) is 5.56. The van der Waals surface area contributed by atoms with Crippen LogP contribution >= 0.6 is 66.1 Å². The lowest BCUT2D eigenvalue weighted by Crippen LogP contribution is -2.04. The van der Waals surface area contributed by atoms with E-state index in [0.29, 0.717) is 20.8 Å². The van der Waals surface area contributed by atoms with E-state index in [1.54, 1.807) is 19.2 Å². The Kier molecular flexibility index (Phi) is 5.76. The first-order chi connectivity index (χ1) is 9.43. The molecule has 106 valence electrons. The lowest BCUT2D eigenvalue weighted by molar-refractivity contribution is 0.213. The Bertz CT molecular complexity index is 649. The SMILES string of the molecule is COc1c(Br)cc(Cl)cc1C(O)c1cc(I)ccc1Br. The molecule has 1 N–H and O–H groups in total. The van der Waals surface area contributed by atoms with Gasteiger partial charge in [0.1, 0.15) is 11.9 Å². The van der Waals surface area contributed by atoms with Gasteiger partial charge in [-0.2, -0.15) is 0 Å². The lowest BCUT2D eigenvalue weighted by Gasteiger charge is -2.18. The van der Waals surface area contributed by atoms with Crippen molar-refractivity contribution in [1.29, 1.82) is 0 Å². The standard InChI is InChI=1S/C14H10Br2ClIO2/c1-20-14-10(4-7(17)5-12(14)16)13(19)9-6-8(18)2-3-11(9)15/h2-6,13,19H,1H3. The van der Waals surface area contributed by atoms with E-state index in [2.05, 4.69) is 54.5 Å². The van der Waals surface area contributed by atoms with Crippen molar-refractivity contribution in [1.82, 2.24) is 0 Å². The Hall–Kier alpha value is 0.180. The zero-order valence-corrected chi connectivity index (χ0v) is 16.4. The van der Waals surface area contributed by atoms with Crippen molar-refractivity contribution in [2.24, 2.45) is 0 Å². The van der Waals surface area contributed by atoms with Crippen LogP contribution in [0, 0.1) is 3.57 Å². The molecule has 0 radical (unpaired) electrons. The first kappa shape index (κ1) is 16.5. The van der Waals surface area contributed by atoms with Gasteiger partial charge < -0.3 is 9.84 Å². The highest BCUT2D eigenvalue weighted by atomic mass is 127. The fourth-order valence-electron chi connectivity index (χ4n) is 1.89. The van der Waals surface area contributed by atoms with Crippen LogP contribution in [-0.2, 0) is 0 Å². The number of methoxy groups -OCH3 is 1. The second-order valence-electron chi connectivity index (χ2n) is 4.08. The van der Waals surface area contributed by atoms with E-state index in [9.17, 15) is 5.11 Å². The van der Waals surface area contributed by atoms with Crippen LogP contribution in [0.4, 0.5) is 0 Å². The predicted molar refractivity (Wildman–Crippen MR) is 96.6 cm³/mol. The maximum Gasteiger partial charge on any atom is 0.139 e. The van der Waals surface area contributed by atoms with Crippen molar-refractivity contribution in [2.75, 3.05) is 7.11 Å². The second kappa shape index (κ2) is 6.96. The summed E-state index contributed by atoms with van der Waals surface area (Å²) in [4.78, 5) is 0. The van der Waals surface area contributed by atoms with Gasteiger partial charge in [0, 0.05) is 24.2 Å². The van der Waals surface area contributed by atoms with Gasteiger partial charge in [0.15, 0.2) is 0 Å². The fourth-order valence-corrected chi connectivity index (χ4v) is 3.87. The van der Waals surface area contributed by atoms with Gasteiger partial charge in [-0.3, -0.25) is 0 Å². The van der Waals surface area contributed by atoms with Crippen LogP contribution in [-0.4, -0.2) is 12.2 Å². The maximum atomic E-state index is 10.7. The normalized spacial score (nSPS) is 12.3. The molecule has 2 nitrogen and oxygen atoms in total. The summed E-state index contributed by atoms with van der Waals surface area (Å²) in [6, 6.07) is 9.24. The molecule has 0 aromatic heterocycles. The Morgan fingerprint density at radius 1 is 1.15 bits per heavy atom. The molecule has 0 amide bonds. The van der Waals surface area contributed by atoms with E-state index in [-0.39, 0.29) is 0 Å². The third-order valence-corrected chi connectivity index (χ3v) is 4.99. The summed E-state index contributed by atoms with van der Waals surface area (Å²) in [5, 5.41) is 11.2. The number of aliphatic hydroxyl groups excluding tert-OH is 1. The molecule has 0 fully saturated rings. The molecule has 2 aromatic rings. The van der Waals surface area contributed by atoms with Gasteiger partial charge in [0.2, 0.25) is 0 Å². The summed E-state index contributed by atoms with van der Waals surface area (Å²) in [7, 11) is 1.56. The minimum absolute atomic E-state index is 0.536. The second-order valence-corrected chi connectivity index (χ2v) is 7.47. The number of aliphatic hydroxyl groups is 1. The van der Waals surface area contributed by atoms with Gasteiger partial charge in [-0.05, 0) is 68.9 Å². The van der Waals surface area contributed by atoms with Crippen LogP contribution in [0.15, 0.2) is 39.3 Å². The van der Waals surface area contributed by atoms with Gasteiger partial charge in [0.05, 0.1) is 11.6 Å². The van der Waals surface area contributed by atoms with Gasteiger partial charge in [0.25, 0.3) is 0 Å². The van der Waals surface area contributed by atoms with Crippen molar-refractivity contribution in [3.05, 3.63) is 59.0 Å². The lowest BCUT2D eigenvalue weighted by atomic mass is 10.0. The summed E-state index contributed by atoms with van der Waals surface area (Å²) in [5.41, 5.74) is 1.39. The van der Waals surface area contributed by atoms with E-state index < -0.39 is 6.10 Å². The number of ether oxygens (including phenoxy) is 1. The molecule has 1 unspecified atom stereocenters. The Morgan fingerprint density at radius 3 is 2.50 bits per heavy atom. The van der Waals surface area contributed by atoms with E-state index >= 15 is 0 Å². The molecule has 0 spiro atoms. The molecule has 2 rings (SSSR count). The van der Waals surface area contributed by atoms with E-state index in [1.165, 1.54) is 0 Å². The van der Waals surface area contributed by atoms with Crippen LogP contribution in [0.2, 0.25) is 5.02 Å². The third-order valence-electron chi connectivity index (χ3n) is 2.79. The molecular formula is C14H10Br2ClIO2. The highest BCUT2D eigenvalue weighted by Gasteiger charge is 2.20. The average Bonchev–Trinajstić information content (AvgIpc) is 2.40. The Labute approximate surface area is 152 Å². The van der Waals surface area contributed by atoms with E-state index in [4.69, 9.17) is 16.3 Å². The van der Waals surface area contributed by atoms with Crippen molar-refractivity contribution in [3.8, 4) is 5.75 Å². The molecule has 0 aliphatic heterocycles. The highest BCUT2D eigenvalue weighted by molar-refractivity contribution is 14.1. The van der Waals surface area contributed by atoms with Crippen molar-refractivity contribution < 1.29 is 9.84 Å². The zero-order chi connectivity index (χ0) is 14.9. The minimum atomic E-state index is -0.830. The quantitative estimate of drug-likeness (QED) is 0.525. The number of rotatable bonds is 3. The Balaban J connectivity index is 2.58. The first-order valence-corrected chi connectivity index (χ1v) is 8.64. The molecule has 0 aliphatic carbocycles. The summed E-state index contributed by atoms with van der Waals surface area (Å²) in [6.07, 6.45) is -0.830. The topological polar surface area (TPSA) is 29.5 Å². The molecule has 0 aliphatic rings. The number of halogens is 4. The van der Waals surface area contributed by atoms with Crippen molar-refractivity contribution in [3.63, 3.8) is 0 Å². The fraction of sp³-hybridized carbons (Fsp3) is 0.143. The average molecular weight is 532 g/mol. The molecule has 1 atom stereocenters. The summed E-state index contributed by atoms with van der Waals surface area (Å²) >= 11 is 15.1.